The molecule has 2 unspecified atom stereocenters. The van der Waals surface area contributed by atoms with Gasteiger partial charge in [-0.25, -0.2) is 0 Å². The maximum atomic E-state index is 12.4. The summed E-state index contributed by atoms with van der Waals surface area (Å²) < 4.78 is 0. The molecule has 1 fully saturated rings. The highest BCUT2D eigenvalue weighted by atomic mass is 35.5. The van der Waals surface area contributed by atoms with E-state index in [1.807, 2.05) is 18.2 Å². The van der Waals surface area contributed by atoms with Crippen LogP contribution in [0.15, 0.2) is 54.6 Å². The smallest absolute Gasteiger partial charge is 0.255 e. The van der Waals surface area contributed by atoms with Crippen molar-refractivity contribution in [3.63, 3.8) is 0 Å². The number of carbonyl (C=O) groups is 2. The van der Waals surface area contributed by atoms with Crippen LogP contribution in [-0.4, -0.2) is 30.9 Å². The third-order valence-electron chi connectivity index (χ3n) is 4.54. The number of anilines is 1. The summed E-state index contributed by atoms with van der Waals surface area (Å²) in [5, 5.41) is 9.26. The normalized spacial score (nSPS) is 19.1. The summed E-state index contributed by atoms with van der Waals surface area (Å²) in [6.07, 6.45) is 0.943. The number of rotatable bonds is 4. The van der Waals surface area contributed by atoms with Crippen molar-refractivity contribution in [3.8, 4) is 0 Å². The first kappa shape index (κ1) is 19.9. The topological polar surface area (TPSA) is 70.2 Å². The molecule has 0 saturated carbocycles. The SMILES string of the molecule is CC1CNCCC1NC(=O)c1ccc(NC(=O)c2ccccc2)cc1.Cl. The number of halogens is 1. The van der Waals surface area contributed by atoms with Gasteiger partial charge < -0.3 is 16.0 Å². The Labute approximate surface area is 160 Å². The summed E-state index contributed by atoms with van der Waals surface area (Å²) in [5.41, 5.74) is 1.87. The van der Waals surface area contributed by atoms with Gasteiger partial charge in [0.1, 0.15) is 0 Å². The molecule has 1 heterocycles. The minimum Gasteiger partial charge on any atom is -0.349 e. The zero-order chi connectivity index (χ0) is 17.6. The van der Waals surface area contributed by atoms with Crippen molar-refractivity contribution >= 4 is 29.9 Å². The van der Waals surface area contributed by atoms with E-state index in [0.29, 0.717) is 22.7 Å². The summed E-state index contributed by atoms with van der Waals surface area (Å²) in [6.45, 7) is 3.99. The van der Waals surface area contributed by atoms with Crippen molar-refractivity contribution in [1.29, 1.82) is 0 Å². The number of hydrogen-bond donors (Lipinski definition) is 3. The first-order chi connectivity index (χ1) is 12.1. The van der Waals surface area contributed by atoms with Crippen LogP contribution in [0.5, 0.6) is 0 Å². The lowest BCUT2D eigenvalue weighted by Crippen LogP contribution is -2.48. The Bertz CT molecular complexity index is 734. The summed E-state index contributed by atoms with van der Waals surface area (Å²) in [6, 6.07) is 16.2. The lowest BCUT2D eigenvalue weighted by Gasteiger charge is -2.30. The molecule has 3 N–H and O–H groups in total. The fraction of sp³-hybridized carbons (Fsp3) is 0.300. The van der Waals surface area contributed by atoms with E-state index in [-0.39, 0.29) is 30.3 Å². The number of hydrogen-bond acceptors (Lipinski definition) is 3. The Morgan fingerprint density at radius 2 is 1.62 bits per heavy atom. The molecule has 26 heavy (non-hydrogen) atoms. The molecule has 0 aromatic heterocycles. The summed E-state index contributed by atoms with van der Waals surface area (Å²) in [5.74, 6) is 0.183. The molecular formula is C20H24ClN3O2. The van der Waals surface area contributed by atoms with E-state index in [9.17, 15) is 9.59 Å². The predicted octanol–water partition coefficient (Wildman–Crippen LogP) is 3.09. The average Bonchev–Trinajstić information content (AvgIpc) is 2.65. The highest BCUT2D eigenvalue weighted by Gasteiger charge is 2.22. The number of amides is 2. The number of piperidine rings is 1. The molecule has 2 aromatic rings. The first-order valence-corrected chi connectivity index (χ1v) is 8.61. The lowest BCUT2D eigenvalue weighted by molar-refractivity contribution is 0.0914. The van der Waals surface area contributed by atoms with Gasteiger partial charge >= 0.3 is 0 Å². The molecule has 0 spiro atoms. The van der Waals surface area contributed by atoms with Crippen LogP contribution in [0.25, 0.3) is 0 Å². The molecule has 1 aliphatic heterocycles. The van der Waals surface area contributed by atoms with Crippen LogP contribution in [0.2, 0.25) is 0 Å². The van der Waals surface area contributed by atoms with Gasteiger partial charge in [-0.1, -0.05) is 25.1 Å². The van der Waals surface area contributed by atoms with E-state index in [0.717, 1.165) is 19.5 Å². The molecule has 0 aliphatic carbocycles. The van der Waals surface area contributed by atoms with Crippen LogP contribution in [0.1, 0.15) is 34.1 Å². The van der Waals surface area contributed by atoms with Crippen molar-refractivity contribution < 1.29 is 9.59 Å². The molecule has 3 rings (SSSR count). The zero-order valence-electron chi connectivity index (χ0n) is 14.7. The highest BCUT2D eigenvalue weighted by Crippen LogP contribution is 2.14. The second-order valence-corrected chi connectivity index (χ2v) is 6.45. The van der Waals surface area contributed by atoms with E-state index in [2.05, 4.69) is 22.9 Å². The van der Waals surface area contributed by atoms with Gasteiger partial charge in [0.05, 0.1) is 0 Å². The van der Waals surface area contributed by atoms with Crippen molar-refractivity contribution in [2.45, 2.75) is 19.4 Å². The summed E-state index contributed by atoms with van der Waals surface area (Å²) >= 11 is 0. The monoisotopic (exact) mass is 373 g/mol. The van der Waals surface area contributed by atoms with Crippen molar-refractivity contribution in [2.75, 3.05) is 18.4 Å². The third-order valence-corrected chi connectivity index (χ3v) is 4.54. The number of nitrogens with one attached hydrogen (secondary N) is 3. The van der Waals surface area contributed by atoms with E-state index in [1.54, 1.807) is 36.4 Å². The number of carbonyl (C=O) groups excluding carboxylic acids is 2. The fourth-order valence-corrected chi connectivity index (χ4v) is 2.98. The summed E-state index contributed by atoms with van der Waals surface area (Å²) in [4.78, 5) is 24.5. The molecule has 1 saturated heterocycles. The van der Waals surface area contributed by atoms with Gasteiger partial charge in [-0.05, 0) is 61.8 Å². The second-order valence-electron chi connectivity index (χ2n) is 6.45. The molecule has 0 bridgehead atoms. The Morgan fingerprint density at radius 1 is 0.962 bits per heavy atom. The van der Waals surface area contributed by atoms with Gasteiger partial charge in [0.2, 0.25) is 0 Å². The van der Waals surface area contributed by atoms with Crippen molar-refractivity contribution in [1.82, 2.24) is 10.6 Å². The van der Waals surface area contributed by atoms with Crippen molar-refractivity contribution in [3.05, 3.63) is 65.7 Å². The van der Waals surface area contributed by atoms with Gasteiger partial charge in [0, 0.05) is 22.9 Å². The van der Waals surface area contributed by atoms with Gasteiger partial charge in [0.15, 0.2) is 0 Å². The van der Waals surface area contributed by atoms with Crippen LogP contribution in [0.3, 0.4) is 0 Å². The lowest BCUT2D eigenvalue weighted by atomic mass is 9.95. The molecule has 2 aromatic carbocycles. The molecule has 138 valence electrons. The van der Waals surface area contributed by atoms with Crippen LogP contribution in [0, 0.1) is 5.92 Å². The van der Waals surface area contributed by atoms with Crippen LogP contribution >= 0.6 is 12.4 Å². The molecule has 2 amide bonds. The molecular weight excluding hydrogens is 350 g/mol. The minimum atomic E-state index is -0.165. The number of benzene rings is 2. The molecule has 1 aliphatic rings. The molecule has 6 heteroatoms. The van der Waals surface area contributed by atoms with Crippen LogP contribution in [0.4, 0.5) is 5.69 Å². The van der Waals surface area contributed by atoms with E-state index >= 15 is 0 Å². The summed E-state index contributed by atoms with van der Waals surface area (Å²) in [7, 11) is 0. The third kappa shape index (κ3) is 5.07. The maximum Gasteiger partial charge on any atom is 0.255 e. The van der Waals surface area contributed by atoms with E-state index in [1.165, 1.54) is 0 Å². The first-order valence-electron chi connectivity index (χ1n) is 8.61. The van der Waals surface area contributed by atoms with Crippen LogP contribution in [-0.2, 0) is 0 Å². The minimum absolute atomic E-state index is 0. The Kier molecular flexibility index (Phi) is 7.18. The zero-order valence-corrected chi connectivity index (χ0v) is 15.5. The van der Waals surface area contributed by atoms with E-state index in [4.69, 9.17) is 0 Å². The average molecular weight is 374 g/mol. The van der Waals surface area contributed by atoms with Crippen molar-refractivity contribution in [2.24, 2.45) is 5.92 Å². The van der Waals surface area contributed by atoms with Gasteiger partial charge in [-0.15, -0.1) is 12.4 Å². The molecule has 5 nitrogen and oxygen atoms in total. The largest absolute Gasteiger partial charge is 0.349 e. The predicted molar refractivity (Wildman–Crippen MR) is 106 cm³/mol. The Balaban J connectivity index is 0.00000243. The molecule has 0 radical (unpaired) electrons. The quantitative estimate of drug-likeness (QED) is 0.771. The van der Waals surface area contributed by atoms with Crippen LogP contribution < -0.4 is 16.0 Å². The maximum absolute atomic E-state index is 12.4. The Morgan fingerprint density at radius 3 is 2.27 bits per heavy atom. The van der Waals surface area contributed by atoms with Gasteiger partial charge in [-0.3, -0.25) is 9.59 Å². The molecule has 2 atom stereocenters. The fourth-order valence-electron chi connectivity index (χ4n) is 2.98. The highest BCUT2D eigenvalue weighted by molar-refractivity contribution is 6.04. The second kappa shape index (κ2) is 9.36. The van der Waals surface area contributed by atoms with Gasteiger partial charge in [0.25, 0.3) is 11.8 Å². The Hall–Kier alpha value is -2.37. The van der Waals surface area contributed by atoms with Gasteiger partial charge in [-0.2, -0.15) is 0 Å². The van der Waals surface area contributed by atoms with E-state index < -0.39 is 0 Å². The standard InChI is InChI=1S/C20H23N3O2.ClH/c1-14-13-21-12-11-18(14)23-20(25)16-7-9-17(10-8-16)22-19(24)15-5-3-2-4-6-15;/h2-10,14,18,21H,11-13H2,1H3,(H,22,24)(H,23,25);1H.